The van der Waals surface area contributed by atoms with Crippen molar-refractivity contribution in [1.29, 1.82) is 0 Å². The van der Waals surface area contributed by atoms with Crippen LogP contribution in [0.2, 0.25) is 0 Å². The first-order valence-electron chi connectivity index (χ1n) is 7.58. The first-order valence-corrected chi connectivity index (χ1v) is 7.58. The zero-order valence-electron chi connectivity index (χ0n) is 12.4. The Labute approximate surface area is 116 Å². The maximum Gasteiger partial charge on any atom is 0.0644 e. The summed E-state index contributed by atoms with van der Waals surface area (Å²) in [6.07, 6.45) is 6.79. The van der Waals surface area contributed by atoms with Crippen LogP contribution in [0.25, 0.3) is 0 Å². The Kier molecular flexibility index (Phi) is 5.40. The largest absolute Gasteiger partial charge is 0.394 e. The molecule has 0 saturated carbocycles. The van der Waals surface area contributed by atoms with Gasteiger partial charge >= 0.3 is 0 Å². The fourth-order valence-electron chi connectivity index (χ4n) is 2.97. The maximum atomic E-state index is 9.06. The van der Waals surface area contributed by atoms with Crippen LogP contribution in [0.15, 0.2) is 0 Å². The van der Waals surface area contributed by atoms with Crippen LogP contribution in [0.3, 0.4) is 0 Å². The molecule has 0 aliphatic carbocycles. The second-order valence-corrected chi connectivity index (χ2v) is 5.64. The quantitative estimate of drug-likeness (QED) is 0.908. The van der Waals surface area contributed by atoms with E-state index in [0.717, 1.165) is 12.2 Å². The fourth-order valence-corrected chi connectivity index (χ4v) is 2.97. The second kappa shape index (κ2) is 7.06. The molecule has 1 aliphatic heterocycles. The lowest BCUT2D eigenvalue weighted by Gasteiger charge is -2.24. The molecule has 2 heterocycles. The molecule has 0 amide bonds. The van der Waals surface area contributed by atoms with E-state index in [-0.39, 0.29) is 6.61 Å². The highest BCUT2D eigenvalue weighted by Gasteiger charge is 2.15. The molecule has 0 radical (unpaired) electrons. The van der Waals surface area contributed by atoms with E-state index >= 15 is 0 Å². The lowest BCUT2D eigenvalue weighted by atomic mass is 10.1. The Morgan fingerprint density at radius 2 is 1.68 bits per heavy atom. The van der Waals surface area contributed by atoms with E-state index in [1.807, 2.05) is 4.68 Å². The number of aliphatic hydroxyl groups excluding tert-OH is 1. The summed E-state index contributed by atoms with van der Waals surface area (Å²) in [5, 5.41) is 13.6. The SMILES string of the molecule is Cc1nn(CCO)c(C)c1CN1CCCCCCC1. The summed E-state index contributed by atoms with van der Waals surface area (Å²) in [4.78, 5) is 2.57. The van der Waals surface area contributed by atoms with Crippen molar-refractivity contribution in [3.63, 3.8) is 0 Å². The lowest BCUT2D eigenvalue weighted by Crippen LogP contribution is -2.27. The molecule has 1 aromatic rings. The summed E-state index contributed by atoms with van der Waals surface area (Å²) in [6.45, 7) is 8.41. The van der Waals surface area contributed by atoms with Crippen LogP contribution in [0.4, 0.5) is 0 Å². The van der Waals surface area contributed by atoms with E-state index in [0.29, 0.717) is 6.54 Å². The van der Waals surface area contributed by atoms with Gasteiger partial charge in [-0.15, -0.1) is 0 Å². The van der Waals surface area contributed by atoms with Gasteiger partial charge in [-0.05, 0) is 39.8 Å². The number of hydrogen-bond acceptors (Lipinski definition) is 3. The topological polar surface area (TPSA) is 41.3 Å². The Morgan fingerprint density at radius 3 is 2.32 bits per heavy atom. The molecule has 0 spiro atoms. The van der Waals surface area contributed by atoms with E-state index in [1.54, 1.807) is 0 Å². The van der Waals surface area contributed by atoms with Crippen LogP contribution in [0.5, 0.6) is 0 Å². The van der Waals surface area contributed by atoms with Gasteiger partial charge in [0.1, 0.15) is 0 Å². The lowest BCUT2D eigenvalue weighted by molar-refractivity contribution is 0.238. The summed E-state index contributed by atoms with van der Waals surface area (Å²) in [6, 6.07) is 0. The standard InChI is InChI=1S/C15H27N3O/c1-13-15(14(2)18(16-13)10-11-19)12-17-8-6-4-3-5-7-9-17/h19H,3-12H2,1-2H3. The fraction of sp³-hybridized carbons (Fsp3) is 0.800. The zero-order chi connectivity index (χ0) is 13.7. The maximum absolute atomic E-state index is 9.06. The van der Waals surface area contributed by atoms with Crippen LogP contribution < -0.4 is 0 Å². The molecule has 0 unspecified atom stereocenters. The van der Waals surface area contributed by atoms with Crippen molar-refractivity contribution in [2.24, 2.45) is 0 Å². The number of rotatable bonds is 4. The predicted octanol–water partition coefficient (Wildman–Crippen LogP) is 2.26. The van der Waals surface area contributed by atoms with Gasteiger partial charge in [0.2, 0.25) is 0 Å². The third-order valence-electron chi connectivity index (χ3n) is 4.17. The summed E-state index contributed by atoms with van der Waals surface area (Å²) >= 11 is 0. The minimum Gasteiger partial charge on any atom is -0.394 e. The summed E-state index contributed by atoms with van der Waals surface area (Å²) in [5.41, 5.74) is 3.69. The molecule has 2 rings (SSSR count). The second-order valence-electron chi connectivity index (χ2n) is 5.64. The summed E-state index contributed by atoms with van der Waals surface area (Å²) in [5.74, 6) is 0. The number of aromatic nitrogens is 2. The van der Waals surface area contributed by atoms with Crippen LogP contribution in [0, 0.1) is 13.8 Å². The molecule has 1 N–H and O–H groups in total. The minimum absolute atomic E-state index is 0.158. The summed E-state index contributed by atoms with van der Waals surface area (Å²) in [7, 11) is 0. The van der Waals surface area contributed by atoms with Gasteiger partial charge in [-0.3, -0.25) is 9.58 Å². The molecule has 0 aromatic carbocycles. The smallest absolute Gasteiger partial charge is 0.0644 e. The van der Waals surface area contributed by atoms with E-state index in [9.17, 15) is 0 Å². The normalized spacial score (nSPS) is 18.3. The van der Waals surface area contributed by atoms with Gasteiger partial charge in [-0.1, -0.05) is 19.3 Å². The third-order valence-corrected chi connectivity index (χ3v) is 4.17. The number of nitrogens with zero attached hydrogens (tertiary/aromatic N) is 3. The van der Waals surface area contributed by atoms with Crippen molar-refractivity contribution < 1.29 is 5.11 Å². The molecule has 1 fully saturated rings. The molecule has 19 heavy (non-hydrogen) atoms. The van der Waals surface area contributed by atoms with Crippen molar-refractivity contribution >= 4 is 0 Å². The van der Waals surface area contributed by atoms with Gasteiger partial charge in [0.05, 0.1) is 18.8 Å². The molecule has 4 heteroatoms. The van der Waals surface area contributed by atoms with Crippen molar-refractivity contribution in [2.45, 2.75) is 59.0 Å². The monoisotopic (exact) mass is 265 g/mol. The van der Waals surface area contributed by atoms with Gasteiger partial charge in [0.15, 0.2) is 0 Å². The van der Waals surface area contributed by atoms with Gasteiger partial charge < -0.3 is 5.11 Å². The molecule has 0 atom stereocenters. The Balaban J connectivity index is 2.04. The molecule has 1 saturated heterocycles. The van der Waals surface area contributed by atoms with Crippen molar-refractivity contribution in [3.05, 3.63) is 17.0 Å². The first-order chi connectivity index (χ1) is 9.22. The first kappa shape index (κ1) is 14.5. The molecule has 1 aromatic heterocycles. The Hall–Kier alpha value is -0.870. The molecule has 108 valence electrons. The van der Waals surface area contributed by atoms with Gasteiger partial charge in [-0.25, -0.2) is 0 Å². The van der Waals surface area contributed by atoms with Gasteiger partial charge in [0, 0.05) is 17.8 Å². The number of aryl methyl sites for hydroxylation is 1. The average molecular weight is 265 g/mol. The number of hydrogen-bond donors (Lipinski definition) is 1. The van der Waals surface area contributed by atoms with E-state index in [1.165, 1.54) is 56.5 Å². The van der Waals surface area contributed by atoms with Crippen molar-refractivity contribution in [3.8, 4) is 0 Å². The minimum atomic E-state index is 0.158. The van der Waals surface area contributed by atoms with Crippen LogP contribution in [0.1, 0.15) is 49.1 Å². The van der Waals surface area contributed by atoms with E-state index < -0.39 is 0 Å². The average Bonchev–Trinajstić information content (AvgIpc) is 2.60. The van der Waals surface area contributed by atoms with Crippen molar-refractivity contribution in [2.75, 3.05) is 19.7 Å². The Bertz CT molecular complexity index is 392. The number of aliphatic hydroxyl groups is 1. The number of likely N-dealkylation sites (tertiary alicyclic amines) is 1. The molecule has 1 aliphatic rings. The predicted molar refractivity (Wildman–Crippen MR) is 77.1 cm³/mol. The van der Waals surface area contributed by atoms with Gasteiger partial charge in [-0.2, -0.15) is 5.10 Å². The molecule has 0 bridgehead atoms. The van der Waals surface area contributed by atoms with Gasteiger partial charge in [0.25, 0.3) is 0 Å². The highest BCUT2D eigenvalue weighted by Crippen LogP contribution is 2.18. The van der Waals surface area contributed by atoms with E-state index in [4.69, 9.17) is 5.11 Å². The van der Waals surface area contributed by atoms with Crippen LogP contribution in [-0.4, -0.2) is 39.5 Å². The Morgan fingerprint density at radius 1 is 1.05 bits per heavy atom. The molecule has 4 nitrogen and oxygen atoms in total. The highest BCUT2D eigenvalue weighted by molar-refractivity contribution is 5.24. The summed E-state index contributed by atoms with van der Waals surface area (Å²) < 4.78 is 1.94. The highest BCUT2D eigenvalue weighted by atomic mass is 16.3. The third kappa shape index (κ3) is 3.80. The van der Waals surface area contributed by atoms with Crippen LogP contribution in [-0.2, 0) is 13.1 Å². The molecular formula is C15H27N3O. The van der Waals surface area contributed by atoms with Crippen molar-refractivity contribution in [1.82, 2.24) is 14.7 Å². The zero-order valence-corrected chi connectivity index (χ0v) is 12.4. The van der Waals surface area contributed by atoms with Crippen LogP contribution >= 0.6 is 0 Å². The molecular weight excluding hydrogens is 238 g/mol. The van der Waals surface area contributed by atoms with E-state index in [2.05, 4.69) is 23.8 Å².